The first-order valence-electron chi connectivity index (χ1n) is 8.03. The highest BCUT2D eigenvalue weighted by Crippen LogP contribution is 2.21. The zero-order chi connectivity index (χ0) is 16.7. The maximum atomic E-state index is 13.8. The lowest BCUT2D eigenvalue weighted by molar-refractivity contribution is -0.123. The summed E-state index contributed by atoms with van der Waals surface area (Å²) in [6.45, 7) is 3.35. The highest BCUT2D eigenvalue weighted by Gasteiger charge is 2.18. The second kappa shape index (κ2) is 8.93. The lowest BCUT2D eigenvalue weighted by atomic mass is 10.0. The van der Waals surface area contributed by atoms with Crippen LogP contribution in [-0.4, -0.2) is 31.8 Å². The molecule has 0 spiro atoms. The molecule has 6 heteroatoms. The van der Waals surface area contributed by atoms with Crippen LogP contribution in [0.5, 0.6) is 0 Å². The zero-order valence-electron chi connectivity index (χ0n) is 13.3. The number of amides is 1. The second-order valence-electron chi connectivity index (χ2n) is 5.65. The topological polar surface area (TPSA) is 47.6 Å². The number of halogens is 2. The van der Waals surface area contributed by atoms with Gasteiger partial charge in [-0.15, -0.1) is 0 Å². The first-order valence-corrected chi connectivity index (χ1v) is 8.03. The molecule has 1 heterocycles. The van der Waals surface area contributed by atoms with Gasteiger partial charge in [0.2, 0.25) is 5.91 Å². The third-order valence-electron chi connectivity index (χ3n) is 3.88. The number of rotatable bonds is 8. The van der Waals surface area contributed by atoms with Gasteiger partial charge in [-0.2, -0.15) is 0 Å². The van der Waals surface area contributed by atoms with Gasteiger partial charge in [0.1, 0.15) is 11.6 Å². The van der Waals surface area contributed by atoms with E-state index < -0.39 is 17.7 Å². The van der Waals surface area contributed by atoms with E-state index in [1.807, 2.05) is 6.92 Å². The van der Waals surface area contributed by atoms with Crippen molar-refractivity contribution in [3.63, 3.8) is 0 Å². The van der Waals surface area contributed by atoms with Gasteiger partial charge in [-0.25, -0.2) is 8.78 Å². The molecule has 1 amide bonds. The molecular formula is C17H23F2NO3. The summed E-state index contributed by atoms with van der Waals surface area (Å²) in [6, 6.07) is 2.71. The second-order valence-corrected chi connectivity index (χ2v) is 5.65. The van der Waals surface area contributed by atoms with Gasteiger partial charge < -0.3 is 14.8 Å². The lowest BCUT2D eigenvalue weighted by Crippen LogP contribution is -2.30. The number of ether oxygens (including phenoxy) is 2. The minimum Gasteiger partial charge on any atom is -0.378 e. The zero-order valence-corrected chi connectivity index (χ0v) is 13.3. The summed E-state index contributed by atoms with van der Waals surface area (Å²) in [4.78, 5) is 11.9. The van der Waals surface area contributed by atoms with Crippen LogP contribution in [0.4, 0.5) is 8.78 Å². The summed E-state index contributed by atoms with van der Waals surface area (Å²) in [7, 11) is 0. The van der Waals surface area contributed by atoms with E-state index in [9.17, 15) is 13.6 Å². The van der Waals surface area contributed by atoms with Crippen LogP contribution in [0.25, 0.3) is 0 Å². The summed E-state index contributed by atoms with van der Waals surface area (Å²) in [5.74, 6) is -1.28. The van der Waals surface area contributed by atoms with E-state index >= 15 is 0 Å². The van der Waals surface area contributed by atoms with Gasteiger partial charge in [-0.3, -0.25) is 4.79 Å². The molecule has 4 nitrogen and oxygen atoms in total. The Morgan fingerprint density at radius 2 is 2.30 bits per heavy atom. The third-order valence-corrected chi connectivity index (χ3v) is 3.88. The minimum absolute atomic E-state index is 0.128. The van der Waals surface area contributed by atoms with Crippen LogP contribution >= 0.6 is 0 Å². The molecule has 1 aromatic carbocycles. The SMILES string of the molecule is CC[C@H](NC(=O)CCOC[C@@H]1CCCO1)c1cc(F)ccc1F. The van der Waals surface area contributed by atoms with Gasteiger partial charge in [0.15, 0.2) is 0 Å². The maximum absolute atomic E-state index is 13.8. The van der Waals surface area contributed by atoms with E-state index in [0.29, 0.717) is 13.0 Å². The van der Waals surface area contributed by atoms with Gasteiger partial charge in [-0.1, -0.05) is 6.92 Å². The molecule has 0 unspecified atom stereocenters. The number of hydrogen-bond acceptors (Lipinski definition) is 3. The molecule has 0 aliphatic carbocycles. The molecule has 128 valence electrons. The van der Waals surface area contributed by atoms with E-state index in [2.05, 4.69) is 5.32 Å². The minimum atomic E-state index is -0.545. The van der Waals surface area contributed by atoms with Gasteiger partial charge in [0, 0.05) is 18.6 Å². The van der Waals surface area contributed by atoms with Gasteiger partial charge in [0.05, 0.1) is 25.4 Å². The van der Waals surface area contributed by atoms with Crippen molar-refractivity contribution in [2.24, 2.45) is 0 Å². The molecule has 2 atom stereocenters. The van der Waals surface area contributed by atoms with Crippen molar-refractivity contribution >= 4 is 5.91 Å². The molecule has 0 aromatic heterocycles. The van der Waals surface area contributed by atoms with E-state index in [0.717, 1.165) is 37.6 Å². The predicted molar refractivity (Wildman–Crippen MR) is 81.9 cm³/mol. The van der Waals surface area contributed by atoms with Crippen LogP contribution in [-0.2, 0) is 14.3 Å². The summed E-state index contributed by atoms with van der Waals surface area (Å²) >= 11 is 0. The fraction of sp³-hybridized carbons (Fsp3) is 0.588. The monoisotopic (exact) mass is 327 g/mol. The summed E-state index contributed by atoms with van der Waals surface area (Å²) in [5, 5.41) is 2.72. The fourth-order valence-corrected chi connectivity index (χ4v) is 2.60. The Hall–Kier alpha value is -1.53. The average Bonchev–Trinajstić information content (AvgIpc) is 3.05. The van der Waals surface area contributed by atoms with E-state index in [1.165, 1.54) is 0 Å². The molecule has 1 saturated heterocycles. The van der Waals surface area contributed by atoms with Crippen molar-refractivity contribution < 1.29 is 23.0 Å². The Kier molecular flexibility index (Phi) is 6.92. The van der Waals surface area contributed by atoms with Gasteiger partial charge in [0.25, 0.3) is 0 Å². The van der Waals surface area contributed by atoms with Crippen LogP contribution in [0.1, 0.15) is 44.2 Å². The van der Waals surface area contributed by atoms with Crippen molar-refractivity contribution in [3.05, 3.63) is 35.4 Å². The van der Waals surface area contributed by atoms with Crippen LogP contribution in [0.15, 0.2) is 18.2 Å². The summed E-state index contributed by atoms with van der Waals surface area (Å²) < 4.78 is 37.9. The third kappa shape index (κ3) is 5.55. The normalized spacial score (nSPS) is 18.8. The molecule has 0 bridgehead atoms. The number of benzene rings is 1. The van der Waals surface area contributed by atoms with Gasteiger partial charge >= 0.3 is 0 Å². The highest BCUT2D eigenvalue weighted by atomic mass is 19.1. The Morgan fingerprint density at radius 3 is 3.00 bits per heavy atom. The van der Waals surface area contributed by atoms with Crippen LogP contribution < -0.4 is 5.32 Å². The van der Waals surface area contributed by atoms with E-state index in [-0.39, 0.29) is 30.6 Å². The van der Waals surface area contributed by atoms with Gasteiger partial charge in [-0.05, 0) is 37.5 Å². The summed E-state index contributed by atoms with van der Waals surface area (Å²) in [6.07, 6.45) is 2.82. The Morgan fingerprint density at radius 1 is 1.48 bits per heavy atom. The number of carbonyl (C=O) groups excluding carboxylic acids is 1. The largest absolute Gasteiger partial charge is 0.378 e. The molecule has 1 aliphatic rings. The molecule has 1 N–H and O–H groups in total. The molecule has 1 aliphatic heterocycles. The van der Waals surface area contributed by atoms with Crippen molar-refractivity contribution in [1.82, 2.24) is 5.32 Å². The maximum Gasteiger partial charge on any atom is 0.222 e. The molecule has 1 fully saturated rings. The quantitative estimate of drug-likeness (QED) is 0.746. The average molecular weight is 327 g/mol. The number of nitrogens with one attached hydrogen (secondary N) is 1. The smallest absolute Gasteiger partial charge is 0.222 e. The molecule has 23 heavy (non-hydrogen) atoms. The van der Waals surface area contributed by atoms with Crippen molar-refractivity contribution in [1.29, 1.82) is 0 Å². The first-order chi connectivity index (χ1) is 11.1. The molecule has 0 radical (unpaired) electrons. The highest BCUT2D eigenvalue weighted by molar-refractivity contribution is 5.76. The van der Waals surface area contributed by atoms with Crippen molar-refractivity contribution in [3.8, 4) is 0 Å². The molecule has 0 saturated carbocycles. The summed E-state index contributed by atoms with van der Waals surface area (Å²) in [5.41, 5.74) is 0.168. The van der Waals surface area contributed by atoms with E-state index in [1.54, 1.807) is 0 Å². The Bertz CT molecular complexity index is 519. The Balaban J connectivity index is 1.76. The number of carbonyl (C=O) groups is 1. The molecule has 1 aromatic rings. The predicted octanol–water partition coefficient (Wildman–Crippen LogP) is 3.12. The van der Waals surface area contributed by atoms with Crippen molar-refractivity contribution in [2.75, 3.05) is 19.8 Å². The molecule has 2 rings (SSSR count). The standard InChI is InChI=1S/C17H23F2NO3/c1-2-16(14-10-12(18)5-6-15(14)19)20-17(21)7-9-22-11-13-4-3-8-23-13/h5-6,10,13,16H,2-4,7-9,11H2,1H3,(H,20,21)/t13-,16-/m0/s1. The first kappa shape index (κ1) is 17.8. The number of hydrogen-bond donors (Lipinski definition) is 1. The fourth-order valence-electron chi connectivity index (χ4n) is 2.60. The molecular weight excluding hydrogens is 304 g/mol. The Labute approximate surface area is 135 Å². The lowest BCUT2D eigenvalue weighted by Gasteiger charge is -2.18. The van der Waals surface area contributed by atoms with Crippen LogP contribution in [0, 0.1) is 11.6 Å². The van der Waals surface area contributed by atoms with Crippen molar-refractivity contribution in [2.45, 2.75) is 44.8 Å². The van der Waals surface area contributed by atoms with Crippen LogP contribution in [0.2, 0.25) is 0 Å². The van der Waals surface area contributed by atoms with E-state index in [4.69, 9.17) is 9.47 Å². The van der Waals surface area contributed by atoms with Crippen LogP contribution in [0.3, 0.4) is 0 Å².